The molecule has 1 saturated heterocycles. The van der Waals surface area contributed by atoms with Gasteiger partial charge in [0.1, 0.15) is 5.82 Å². The average Bonchev–Trinajstić information content (AvgIpc) is 3.18. The van der Waals surface area contributed by atoms with Crippen molar-refractivity contribution in [1.82, 2.24) is 19.5 Å². The average molecular weight is 390 g/mol. The zero-order valence-corrected chi connectivity index (χ0v) is 17.0. The highest BCUT2D eigenvalue weighted by Gasteiger charge is 2.28. The lowest BCUT2D eigenvalue weighted by Gasteiger charge is -2.32. The van der Waals surface area contributed by atoms with E-state index in [9.17, 15) is 9.59 Å². The molecule has 1 aromatic carbocycles. The molecule has 1 amide bonds. The first-order chi connectivity index (χ1) is 14.0. The number of hydrogen-bond acceptors (Lipinski definition) is 4. The standard InChI is InChI=1S/C23H26N4O2/c1-16-8-9-18(14-17(16)2)20(28)10-11-22(29)26-12-5-6-19(15-26)23-25-24-21-7-3-4-13-27(21)23/h3-4,7-9,13-14,19H,5-6,10-12,15H2,1-2H3. The Bertz CT molecular complexity index is 1060. The van der Waals surface area contributed by atoms with Crippen LogP contribution in [-0.4, -0.2) is 44.3 Å². The first kappa shape index (κ1) is 19.3. The fourth-order valence-corrected chi connectivity index (χ4v) is 3.99. The van der Waals surface area contributed by atoms with E-state index in [1.54, 1.807) is 0 Å². The van der Waals surface area contributed by atoms with Gasteiger partial charge in [-0.1, -0.05) is 18.2 Å². The molecule has 1 aliphatic heterocycles. The molecule has 0 radical (unpaired) electrons. The molecule has 1 unspecified atom stereocenters. The van der Waals surface area contributed by atoms with Gasteiger partial charge in [0.2, 0.25) is 5.91 Å². The third-order valence-electron chi connectivity index (χ3n) is 5.87. The lowest BCUT2D eigenvalue weighted by Crippen LogP contribution is -2.39. The molecule has 1 aliphatic rings. The van der Waals surface area contributed by atoms with E-state index in [1.807, 2.05) is 65.7 Å². The Balaban J connectivity index is 1.38. The van der Waals surface area contributed by atoms with E-state index in [1.165, 1.54) is 0 Å². The van der Waals surface area contributed by atoms with Crippen LogP contribution in [0.2, 0.25) is 0 Å². The Hall–Kier alpha value is -3.02. The number of carbonyl (C=O) groups excluding carboxylic acids is 2. The Morgan fingerprint density at radius 2 is 1.93 bits per heavy atom. The van der Waals surface area contributed by atoms with Crippen molar-refractivity contribution in [2.75, 3.05) is 13.1 Å². The smallest absolute Gasteiger partial charge is 0.223 e. The van der Waals surface area contributed by atoms with Crippen molar-refractivity contribution in [3.05, 3.63) is 65.1 Å². The zero-order valence-electron chi connectivity index (χ0n) is 17.0. The first-order valence-electron chi connectivity index (χ1n) is 10.2. The molecule has 150 valence electrons. The van der Waals surface area contributed by atoms with Crippen LogP contribution < -0.4 is 0 Å². The number of likely N-dealkylation sites (tertiary alicyclic amines) is 1. The zero-order chi connectivity index (χ0) is 20.4. The van der Waals surface area contributed by atoms with Crippen LogP contribution in [0.25, 0.3) is 5.65 Å². The molecule has 4 rings (SSSR count). The Morgan fingerprint density at radius 3 is 2.76 bits per heavy atom. The molecular weight excluding hydrogens is 364 g/mol. The van der Waals surface area contributed by atoms with Crippen LogP contribution in [0.15, 0.2) is 42.6 Å². The molecule has 0 bridgehead atoms. The van der Waals surface area contributed by atoms with Gasteiger partial charge in [-0.15, -0.1) is 10.2 Å². The van der Waals surface area contributed by atoms with Crippen LogP contribution in [-0.2, 0) is 4.79 Å². The van der Waals surface area contributed by atoms with Gasteiger partial charge in [-0.3, -0.25) is 14.0 Å². The largest absolute Gasteiger partial charge is 0.342 e. The summed E-state index contributed by atoms with van der Waals surface area (Å²) >= 11 is 0. The maximum Gasteiger partial charge on any atom is 0.223 e. The van der Waals surface area contributed by atoms with Crippen LogP contribution in [0, 0.1) is 13.8 Å². The number of nitrogens with zero attached hydrogens (tertiary/aromatic N) is 4. The van der Waals surface area contributed by atoms with Gasteiger partial charge < -0.3 is 4.90 Å². The number of rotatable bonds is 5. The molecule has 6 nitrogen and oxygen atoms in total. The number of aryl methyl sites for hydroxylation is 2. The summed E-state index contributed by atoms with van der Waals surface area (Å²) in [6.45, 7) is 5.40. The maximum atomic E-state index is 12.8. The summed E-state index contributed by atoms with van der Waals surface area (Å²) in [6.07, 6.45) is 4.38. The third kappa shape index (κ3) is 4.06. The molecule has 1 atom stereocenters. The Morgan fingerprint density at radius 1 is 1.07 bits per heavy atom. The molecule has 3 aromatic rings. The first-order valence-corrected chi connectivity index (χ1v) is 10.2. The highest BCUT2D eigenvalue weighted by atomic mass is 16.2. The number of fused-ring (bicyclic) bond motifs is 1. The molecule has 1 fully saturated rings. The second kappa shape index (κ2) is 8.15. The van der Waals surface area contributed by atoms with Gasteiger partial charge in [0.05, 0.1) is 0 Å². The summed E-state index contributed by atoms with van der Waals surface area (Å²) in [6, 6.07) is 11.6. The minimum atomic E-state index is 0.0264. The van der Waals surface area contributed by atoms with Gasteiger partial charge >= 0.3 is 0 Å². The number of hydrogen-bond donors (Lipinski definition) is 0. The van der Waals surface area contributed by atoms with Crippen molar-refractivity contribution >= 4 is 17.3 Å². The Labute approximate surface area is 170 Å². The van der Waals surface area contributed by atoms with E-state index in [4.69, 9.17) is 0 Å². The van der Waals surface area contributed by atoms with Crippen molar-refractivity contribution in [3.63, 3.8) is 0 Å². The number of carbonyl (C=O) groups is 2. The minimum absolute atomic E-state index is 0.0264. The van der Waals surface area contributed by atoms with Gasteiger partial charge in [0.15, 0.2) is 11.4 Å². The van der Waals surface area contributed by atoms with Crippen LogP contribution in [0.5, 0.6) is 0 Å². The molecule has 6 heteroatoms. The van der Waals surface area contributed by atoms with E-state index in [-0.39, 0.29) is 30.4 Å². The summed E-state index contributed by atoms with van der Waals surface area (Å²) in [5, 5.41) is 8.60. The summed E-state index contributed by atoms with van der Waals surface area (Å²) < 4.78 is 2.00. The number of piperidine rings is 1. The number of aromatic nitrogens is 3. The molecule has 0 N–H and O–H groups in total. The fraction of sp³-hybridized carbons (Fsp3) is 0.391. The quantitative estimate of drug-likeness (QED) is 0.623. The summed E-state index contributed by atoms with van der Waals surface area (Å²) in [7, 11) is 0. The molecule has 0 saturated carbocycles. The van der Waals surface area contributed by atoms with Crippen molar-refractivity contribution in [1.29, 1.82) is 0 Å². The number of benzene rings is 1. The van der Waals surface area contributed by atoms with Gasteiger partial charge in [-0.05, 0) is 56.0 Å². The maximum absolute atomic E-state index is 12.8. The van der Waals surface area contributed by atoms with E-state index in [0.717, 1.165) is 42.0 Å². The van der Waals surface area contributed by atoms with Crippen LogP contribution in [0.1, 0.15) is 58.9 Å². The molecule has 3 heterocycles. The second-order valence-electron chi connectivity index (χ2n) is 7.89. The van der Waals surface area contributed by atoms with Gasteiger partial charge in [0, 0.05) is 43.6 Å². The van der Waals surface area contributed by atoms with E-state index < -0.39 is 0 Å². The van der Waals surface area contributed by atoms with Gasteiger partial charge in [-0.2, -0.15) is 0 Å². The van der Waals surface area contributed by atoms with Crippen molar-refractivity contribution in [2.24, 2.45) is 0 Å². The molecule has 2 aromatic heterocycles. The lowest BCUT2D eigenvalue weighted by molar-refractivity contribution is -0.132. The number of amides is 1. The van der Waals surface area contributed by atoms with Crippen molar-refractivity contribution in [3.8, 4) is 0 Å². The predicted molar refractivity (Wildman–Crippen MR) is 111 cm³/mol. The van der Waals surface area contributed by atoms with E-state index >= 15 is 0 Å². The van der Waals surface area contributed by atoms with E-state index in [2.05, 4.69) is 10.2 Å². The fourth-order valence-electron chi connectivity index (χ4n) is 3.99. The summed E-state index contributed by atoms with van der Waals surface area (Å²) in [4.78, 5) is 27.1. The Kier molecular flexibility index (Phi) is 5.43. The monoisotopic (exact) mass is 390 g/mol. The topological polar surface area (TPSA) is 67.6 Å². The van der Waals surface area contributed by atoms with E-state index in [0.29, 0.717) is 12.1 Å². The third-order valence-corrected chi connectivity index (χ3v) is 5.87. The van der Waals surface area contributed by atoms with Crippen LogP contribution >= 0.6 is 0 Å². The number of Topliss-reactive ketones (excluding diaryl/α,β-unsaturated/α-hetero) is 1. The minimum Gasteiger partial charge on any atom is -0.342 e. The molecule has 0 aliphatic carbocycles. The molecular formula is C23H26N4O2. The number of pyridine rings is 1. The molecule has 29 heavy (non-hydrogen) atoms. The van der Waals surface area contributed by atoms with Crippen molar-refractivity contribution < 1.29 is 9.59 Å². The normalized spacial score (nSPS) is 16.9. The van der Waals surface area contributed by atoms with Crippen LogP contribution in [0.3, 0.4) is 0 Å². The predicted octanol–water partition coefficient (Wildman–Crippen LogP) is 3.72. The summed E-state index contributed by atoms with van der Waals surface area (Å²) in [5.74, 6) is 1.14. The second-order valence-corrected chi connectivity index (χ2v) is 7.89. The molecule has 0 spiro atoms. The highest BCUT2D eigenvalue weighted by Crippen LogP contribution is 2.26. The highest BCUT2D eigenvalue weighted by molar-refractivity contribution is 5.98. The SMILES string of the molecule is Cc1ccc(C(=O)CCC(=O)N2CCCC(c3nnc4ccccn34)C2)cc1C. The summed E-state index contributed by atoms with van der Waals surface area (Å²) in [5.41, 5.74) is 3.77. The van der Waals surface area contributed by atoms with Gasteiger partial charge in [-0.25, -0.2) is 0 Å². The van der Waals surface area contributed by atoms with Crippen LogP contribution in [0.4, 0.5) is 0 Å². The lowest BCUT2D eigenvalue weighted by atomic mass is 9.96. The van der Waals surface area contributed by atoms with Crippen molar-refractivity contribution in [2.45, 2.75) is 45.4 Å². The van der Waals surface area contributed by atoms with Gasteiger partial charge in [0.25, 0.3) is 0 Å². The number of ketones is 1.